The average Bonchev–Trinajstić information content (AvgIpc) is 2.93. The number of piperidine rings is 1. The molecule has 6 heteroatoms. The third-order valence-corrected chi connectivity index (χ3v) is 4.55. The number of imidazole rings is 1. The van der Waals surface area contributed by atoms with Crippen molar-refractivity contribution in [3.63, 3.8) is 0 Å². The molecule has 0 saturated carbocycles. The molecule has 2 aromatic rings. The number of carbonyl (C=O) groups excluding carboxylic acids is 1. The Morgan fingerprint density at radius 1 is 1.35 bits per heavy atom. The Morgan fingerprint density at radius 2 is 2.17 bits per heavy atom. The summed E-state index contributed by atoms with van der Waals surface area (Å²) < 4.78 is 1.92. The highest BCUT2D eigenvalue weighted by Crippen LogP contribution is 2.24. The molecule has 0 radical (unpaired) electrons. The smallest absolute Gasteiger partial charge is 0.303 e. The van der Waals surface area contributed by atoms with Crippen LogP contribution in [-0.2, 0) is 11.8 Å². The largest absolute Gasteiger partial charge is 0.481 e. The first-order chi connectivity index (χ1) is 11.1. The Kier molecular flexibility index (Phi) is 4.32. The number of aliphatic carboxylic acids is 1. The van der Waals surface area contributed by atoms with Gasteiger partial charge >= 0.3 is 5.97 Å². The van der Waals surface area contributed by atoms with Crippen LogP contribution in [0.5, 0.6) is 0 Å². The number of aromatic nitrogens is 2. The highest BCUT2D eigenvalue weighted by atomic mass is 16.4. The quantitative estimate of drug-likeness (QED) is 0.940. The molecule has 0 aliphatic carbocycles. The van der Waals surface area contributed by atoms with Gasteiger partial charge in [-0.3, -0.25) is 9.59 Å². The summed E-state index contributed by atoms with van der Waals surface area (Å²) in [6.07, 6.45) is 5.26. The van der Waals surface area contributed by atoms with Gasteiger partial charge < -0.3 is 14.6 Å². The predicted molar refractivity (Wildman–Crippen MR) is 86.3 cm³/mol. The van der Waals surface area contributed by atoms with Crippen LogP contribution in [-0.4, -0.2) is 44.0 Å². The van der Waals surface area contributed by atoms with E-state index in [1.165, 1.54) is 0 Å². The summed E-state index contributed by atoms with van der Waals surface area (Å²) >= 11 is 0. The zero-order chi connectivity index (χ0) is 16.4. The minimum absolute atomic E-state index is 0.0202. The minimum Gasteiger partial charge on any atom is -0.481 e. The number of carboxylic acids is 1. The van der Waals surface area contributed by atoms with E-state index in [9.17, 15) is 9.59 Å². The van der Waals surface area contributed by atoms with Crippen LogP contribution in [0.1, 0.15) is 42.5 Å². The lowest BCUT2D eigenvalue weighted by molar-refractivity contribution is -0.137. The Labute approximate surface area is 134 Å². The SMILES string of the molecule is Cn1cnc2cc(C(=O)N3CCCCC3CCC(=O)O)ccc21. The van der Waals surface area contributed by atoms with Crippen molar-refractivity contribution in [2.24, 2.45) is 7.05 Å². The molecule has 1 fully saturated rings. The molecule has 1 aliphatic rings. The molecule has 1 aromatic carbocycles. The average molecular weight is 315 g/mol. The van der Waals surface area contributed by atoms with E-state index in [4.69, 9.17) is 5.11 Å². The summed E-state index contributed by atoms with van der Waals surface area (Å²) in [5, 5.41) is 8.89. The van der Waals surface area contributed by atoms with E-state index in [0.29, 0.717) is 18.5 Å². The van der Waals surface area contributed by atoms with Gasteiger partial charge in [0.05, 0.1) is 17.4 Å². The van der Waals surface area contributed by atoms with Gasteiger partial charge in [0.1, 0.15) is 0 Å². The fourth-order valence-corrected chi connectivity index (χ4v) is 3.29. The van der Waals surface area contributed by atoms with Crippen molar-refractivity contribution in [1.29, 1.82) is 0 Å². The van der Waals surface area contributed by atoms with Gasteiger partial charge in [0.25, 0.3) is 5.91 Å². The summed E-state index contributed by atoms with van der Waals surface area (Å²) in [7, 11) is 1.92. The van der Waals surface area contributed by atoms with Crippen molar-refractivity contribution < 1.29 is 14.7 Å². The third-order valence-electron chi connectivity index (χ3n) is 4.55. The summed E-state index contributed by atoms with van der Waals surface area (Å²) in [6, 6.07) is 5.58. The van der Waals surface area contributed by atoms with E-state index in [-0.39, 0.29) is 18.4 Å². The molecule has 1 N–H and O–H groups in total. The highest BCUT2D eigenvalue weighted by Gasteiger charge is 2.28. The summed E-state index contributed by atoms with van der Waals surface area (Å²) in [4.78, 5) is 29.8. The van der Waals surface area contributed by atoms with Crippen LogP contribution in [0.2, 0.25) is 0 Å². The van der Waals surface area contributed by atoms with Crippen LogP contribution in [0.4, 0.5) is 0 Å². The Bertz CT molecular complexity index is 738. The van der Waals surface area contributed by atoms with Crippen molar-refractivity contribution >= 4 is 22.9 Å². The second-order valence-corrected chi connectivity index (χ2v) is 6.14. The molecule has 0 bridgehead atoms. The number of rotatable bonds is 4. The van der Waals surface area contributed by atoms with Gasteiger partial charge in [0, 0.05) is 31.6 Å². The van der Waals surface area contributed by atoms with Crippen molar-refractivity contribution in [2.75, 3.05) is 6.54 Å². The standard InChI is InChI=1S/C17H21N3O3/c1-19-11-18-14-10-12(5-7-15(14)19)17(23)20-9-3-2-4-13(20)6-8-16(21)22/h5,7,10-11,13H,2-4,6,8-9H2,1H3,(H,21,22). The number of nitrogens with zero attached hydrogens (tertiary/aromatic N) is 3. The number of fused-ring (bicyclic) bond motifs is 1. The van der Waals surface area contributed by atoms with Gasteiger partial charge in [-0.25, -0.2) is 4.98 Å². The molecule has 3 rings (SSSR count). The predicted octanol–water partition coefficient (Wildman–Crippen LogP) is 2.43. The molecule has 6 nitrogen and oxygen atoms in total. The number of carbonyl (C=O) groups is 2. The van der Waals surface area contributed by atoms with Crippen LogP contribution in [0.25, 0.3) is 11.0 Å². The second kappa shape index (κ2) is 6.40. The summed E-state index contributed by atoms with van der Waals surface area (Å²) in [6.45, 7) is 0.698. The van der Waals surface area contributed by atoms with Gasteiger partial charge in [-0.1, -0.05) is 0 Å². The van der Waals surface area contributed by atoms with Crippen molar-refractivity contribution in [1.82, 2.24) is 14.5 Å². The van der Waals surface area contributed by atoms with Gasteiger partial charge in [-0.2, -0.15) is 0 Å². The van der Waals surface area contributed by atoms with Crippen molar-refractivity contribution in [3.05, 3.63) is 30.1 Å². The zero-order valence-corrected chi connectivity index (χ0v) is 13.2. The number of likely N-dealkylation sites (tertiary alicyclic amines) is 1. The number of benzene rings is 1. The maximum Gasteiger partial charge on any atom is 0.303 e. The minimum atomic E-state index is -0.808. The zero-order valence-electron chi connectivity index (χ0n) is 13.2. The first kappa shape index (κ1) is 15.5. The fraction of sp³-hybridized carbons (Fsp3) is 0.471. The van der Waals surface area contributed by atoms with Crippen LogP contribution in [0, 0.1) is 0 Å². The molecular formula is C17H21N3O3. The van der Waals surface area contributed by atoms with Crippen LogP contribution < -0.4 is 0 Å². The van der Waals surface area contributed by atoms with E-state index in [1.807, 2.05) is 34.7 Å². The van der Waals surface area contributed by atoms with Gasteiger partial charge in [0.15, 0.2) is 0 Å². The van der Waals surface area contributed by atoms with Gasteiger partial charge in [-0.05, 0) is 43.9 Å². The lowest BCUT2D eigenvalue weighted by atomic mass is 9.97. The second-order valence-electron chi connectivity index (χ2n) is 6.14. The molecule has 1 amide bonds. The van der Waals surface area contributed by atoms with E-state index < -0.39 is 5.97 Å². The number of hydrogen-bond acceptors (Lipinski definition) is 3. The molecular weight excluding hydrogens is 294 g/mol. The monoisotopic (exact) mass is 315 g/mol. The molecule has 1 unspecified atom stereocenters. The maximum absolute atomic E-state index is 12.8. The first-order valence-electron chi connectivity index (χ1n) is 8.00. The lowest BCUT2D eigenvalue weighted by Crippen LogP contribution is -2.44. The summed E-state index contributed by atoms with van der Waals surface area (Å²) in [5.41, 5.74) is 2.42. The normalized spacial score (nSPS) is 18.3. The molecule has 122 valence electrons. The molecule has 1 atom stereocenters. The van der Waals surface area contributed by atoms with Gasteiger partial charge in [-0.15, -0.1) is 0 Å². The van der Waals surface area contributed by atoms with Crippen molar-refractivity contribution in [3.8, 4) is 0 Å². The van der Waals surface area contributed by atoms with Gasteiger partial charge in [0.2, 0.25) is 0 Å². The molecule has 0 spiro atoms. The number of amides is 1. The molecule has 1 aromatic heterocycles. The Balaban J connectivity index is 1.81. The van der Waals surface area contributed by atoms with E-state index >= 15 is 0 Å². The fourth-order valence-electron chi connectivity index (χ4n) is 3.29. The number of carboxylic acid groups (broad SMARTS) is 1. The van der Waals surface area contributed by atoms with E-state index in [0.717, 1.165) is 30.3 Å². The molecule has 23 heavy (non-hydrogen) atoms. The maximum atomic E-state index is 12.8. The number of hydrogen-bond donors (Lipinski definition) is 1. The van der Waals surface area contributed by atoms with Crippen molar-refractivity contribution in [2.45, 2.75) is 38.1 Å². The topological polar surface area (TPSA) is 75.4 Å². The molecule has 1 saturated heterocycles. The Hall–Kier alpha value is -2.37. The van der Waals surface area contributed by atoms with E-state index in [2.05, 4.69) is 4.98 Å². The number of aryl methyl sites for hydroxylation is 1. The molecule has 2 heterocycles. The van der Waals surface area contributed by atoms with Crippen LogP contribution in [0.15, 0.2) is 24.5 Å². The third kappa shape index (κ3) is 3.21. The molecule has 1 aliphatic heterocycles. The highest BCUT2D eigenvalue weighted by molar-refractivity contribution is 5.97. The Morgan fingerprint density at radius 3 is 2.96 bits per heavy atom. The van der Waals surface area contributed by atoms with E-state index in [1.54, 1.807) is 6.33 Å². The first-order valence-corrected chi connectivity index (χ1v) is 8.00. The van der Waals surface area contributed by atoms with Crippen LogP contribution >= 0.6 is 0 Å². The van der Waals surface area contributed by atoms with Crippen LogP contribution in [0.3, 0.4) is 0 Å². The summed E-state index contributed by atoms with van der Waals surface area (Å²) in [5.74, 6) is -0.828. The lowest BCUT2D eigenvalue weighted by Gasteiger charge is -2.35.